The Morgan fingerprint density at radius 1 is 1.30 bits per heavy atom. The van der Waals surface area contributed by atoms with Crippen molar-refractivity contribution in [3.8, 4) is 6.07 Å². The highest BCUT2D eigenvalue weighted by Crippen LogP contribution is 2.10. The molecule has 118 valence electrons. The van der Waals surface area contributed by atoms with E-state index in [-0.39, 0.29) is 24.5 Å². The second kappa shape index (κ2) is 7.70. The van der Waals surface area contributed by atoms with E-state index in [2.05, 4.69) is 15.8 Å². The van der Waals surface area contributed by atoms with Crippen LogP contribution in [0.4, 0.5) is 5.69 Å². The number of hydrazone groups is 1. The number of nitrogens with zero attached hydrogens (tertiary/aromatic N) is 2. The number of esters is 1. The second-order valence-corrected chi connectivity index (χ2v) is 4.75. The molecule has 2 amide bonds. The lowest BCUT2D eigenvalue weighted by Crippen LogP contribution is -2.32. The third-order valence-corrected chi connectivity index (χ3v) is 3.00. The molecule has 8 nitrogen and oxygen atoms in total. The van der Waals surface area contributed by atoms with Crippen molar-refractivity contribution in [3.63, 3.8) is 0 Å². The first-order valence-electron chi connectivity index (χ1n) is 6.87. The van der Waals surface area contributed by atoms with E-state index >= 15 is 0 Å². The first-order chi connectivity index (χ1) is 11.1. The van der Waals surface area contributed by atoms with Gasteiger partial charge in [-0.3, -0.25) is 9.59 Å². The number of benzene rings is 1. The van der Waals surface area contributed by atoms with E-state index in [0.29, 0.717) is 12.1 Å². The van der Waals surface area contributed by atoms with Crippen LogP contribution in [0.3, 0.4) is 0 Å². The quantitative estimate of drug-likeness (QED) is 0.767. The molecular weight excluding hydrogens is 300 g/mol. The van der Waals surface area contributed by atoms with Crippen LogP contribution < -0.4 is 10.7 Å². The Morgan fingerprint density at radius 2 is 2.04 bits per heavy atom. The van der Waals surface area contributed by atoms with Crippen LogP contribution in [0.5, 0.6) is 0 Å². The Kier molecular flexibility index (Phi) is 5.41. The highest BCUT2D eigenvalue weighted by atomic mass is 16.5. The number of carbonyl (C=O) groups is 3. The van der Waals surface area contributed by atoms with Gasteiger partial charge in [-0.2, -0.15) is 10.4 Å². The van der Waals surface area contributed by atoms with Gasteiger partial charge in [0, 0.05) is 18.5 Å². The molecule has 1 aliphatic rings. The molecule has 1 aliphatic heterocycles. The van der Waals surface area contributed by atoms with Crippen LogP contribution in [0.1, 0.15) is 18.4 Å². The van der Waals surface area contributed by atoms with E-state index in [4.69, 9.17) is 10.00 Å². The maximum absolute atomic E-state index is 11.7. The topological polar surface area (TPSA) is 121 Å². The summed E-state index contributed by atoms with van der Waals surface area (Å²) in [5.41, 5.74) is 3.64. The zero-order valence-electron chi connectivity index (χ0n) is 12.2. The zero-order valence-corrected chi connectivity index (χ0v) is 12.2. The van der Waals surface area contributed by atoms with E-state index in [0.717, 1.165) is 5.56 Å². The number of nitriles is 1. The highest BCUT2D eigenvalue weighted by Gasteiger charge is 2.20. The van der Waals surface area contributed by atoms with Gasteiger partial charge in [-0.1, -0.05) is 12.1 Å². The molecule has 0 unspecified atom stereocenters. The van der Waals surface area contributed by atoms with Gasteiger partial charge in [-0.05, 0) is 17.7 Å². The second-order valence-electron chi connectivity index (χ2n) is 4.75. The Hall–Kier alpha value is -3.21. The molecule has 8 heteroatoms. The summed E-state index contributed by atoms with van der Waals surface area (Å²) in [6.45, 7) is -0.453. The standard InChI is InChI=1S/C15H14N4O4/c16-8-7-10-1-3-11(4-2-10)17-14(21)9-23-15(22)12-5-6-13(20)19-18-12/h1-4H,5-7,9H2,(H,17,21)(H,19,20). The predicted molar refractivity (Wildman–Crippen MR) is 80.2 cm³/mol. The van der Waals surface area contributed by atoms with Crippen LogP contribution in [0.2, 0.25) is 0 Å². The van der Waals surface area contributed by atoms with Gasteiger partial charge in [-0.25, -0.2) is 10.2 Å². The monoisotopic (exact) mass is 314 g/mol. The third kappa shape index (κ3) is 4.93. The van der Waals surface area contributed by atoms with Gasteiger partial charge >= 0.3 is 5.97 Å². The Bertz CT molecular complexity index is 688. The number of hydrogen-bond acceptors (Lipinski definition) is 6. The van der Waals surface area contributed by atoms with Crippen molar-refractivity contribution in [2.24, 2.45) is 5.10 Å². The van der Waals surface area contributed by atoms with Gasteiger partial charge < -0.3 is 10.1 Å². The van der Waals surface area contributed by atoms with Crippen molar-refractivity contribution >= 4 is 29.2 Å². The fourth-order valence-electron chi connectivity index (χ4n) is 1.83. The van der Waals surface area contributed by atoms with Crippen LogP contribution in [0, 0.1) is 11.3 Å². The smallest absolute Gasteiger partial charge is 0.355 e. The molecule has 0 aliphatic carbocycles. The summed E-state index contributed by atoms with van der Waals surface area (Å²) < 4.78 is 4.84. The minimum atomic E-state index is -0.732. The van der Waals surface area contributed by atoms with E-state index in [1.54, 1.807) is 24.3 Å². The van der Waals surface area contributed by atoms with Gasteiger partial charge in [0.15, 0.2) is 6.61 Å². The van der Waals surface area contributed by atoms with Gasteiger partial charge in [-0.15, -0.1) is 0 Å². The normalized spacial score (nSPS) is 13.3. The van der Waals surface area contributed by atoms with Crippen molar-refractivity contribution in [2.75, 3.05) is 11.9 Å². The Balaban J connectivity index is 1.79. The van der Waals surface area contributed by atoms with Gasteiger partial charge in [0.1, 0.15) is 5.71 Å². The van der Waals surface area contributed by atoms with Gasteiger partial charge in [0.2, 0.25) is 5.91 Å². The molecule has 1 aromatic carbocycles. The fourth-order valence-corrected chi connectivity index (χ4v) is 1.83. The molecule has 0 saturated carbocycles. The first-order valence-corrected chi connectivity index (χ1v) is 6.87. The van der Waals surface area contributed by atoms with Crippen molar-refractivity contribution in [1.82, 2.24) is 5.43 Å². The molecule has 1 aromatic rings. The van der Waals surface area contributed by atoms with E-state index in [1.165, 1.54) is 0 Å². The third-order valence-electron chi connectivity index (χ3n) is 3.00. The number of hydrogen-bond donors (Lipinski definition) is 2. The Morgan fingerprint density at radius 3 is 2.65 bits per heavy atom. The van der Waals surface area contributed by atoms with Crippen molar-refractivity contribution < 1.29 is 19.1 Å². The van der Waals surface area contributed by atoms with Crippen molar-refractivity contribution in [1.29, 1.82) is 5.26 Å². The maximum Gasteiger partial charge on any atom is 0.355 e. The van der Waals surface area contributed by atoms with Crippen LogP contribution in [-0.2, 0) is 25.5 Å². The lowest BCUT2D eigenvalue weighted by molar-refractivity contribution is -0.140. The molecular formula is C15H14N4O4. The predicted octanol–water partition coefficient (Wildman–Crippen LogP) is 0.500. The van der Waals surface area contributed by atoms with E-state index in [9.17, 15) is 14.4 Å². The van der Waals surface area contributed by atoms with Crippen LogP contribution >= 0.6 is 0 Å². The molecule has 0 saturated heterocycles. The molecule has 2 N–H and O–H groups in total. The largest absolute Gasteiger partial charge is 0.451 e. The summed E-state index contributed by atoms with van der Waals surface area (Å²) in [5, 5.41) is 14.7. The van der Waals surface area contributed by atoms with E-state index < -0.39 is 18.5 Å². The van der Waals surface area contributed by atoms with Crippen molar-refractivity contribution in [3.05, 3.63) is 29.8 Å². The molecule has 0 radical (unpaired) electrons. The summed E-state index contributed by atoms with van der Waals surface area (Å²) in [6, 6.07) is 8.80. The molecule has 2 rings (SSSR count). The van der Waals surface area contributed by atoms with Crippen LogP contribution in [0.25, 0.3) is 0 Å². The minimum absolute atomic E-state index is 0.0817. The number of carbonyl (C=O) groups excluding carboxylic acids is 3. The number of ether oxygens (including phenoxy) is 1. The van der Waals surface area contributed by atoms with Crippen molar-refractivity contribution in [2.45, 2.75) is 19.3 Å². The average Bonchev–Trinajstić information content (AvgIpc) is 2.55. The maximum atomic E-state index is 11.7. The van der Waals surface area contributed by atoms with Gasteiger partial charge in [0.25, 0.3) is 5.91 Å². The summed E-state index contributed by atoms with van der Waals surface area (Å²) >= 11 is 0. The summed E-state index contributed by atoms with van der Waals surface area (Å²) in [6.07, 6.45) is 0.645. The molecule has 0 spiro atoms. The highest BCUT2D eigenvalue weighted by molar-refractivity contribution is 6.37. The number of rotatable bonds is 5. The minimum Gasteiger partial charge on any atom is -0.451 e. The summed E-state index contributed by atoms with van der Waals surface area (Å²) in [7, 11) is 0. The molecule has 0 atom stereocenters. The summed E-state index contributed by atoms with van der Waals surface area (Å²) in [5.74, 6) is -1.49. The number of anilines is 1. The molecule has 0 aromatic heterocycles. The molecule has 1 heterocycles. The van der Waals surface area contributed by atoms with E-state index in [1.807, 2.05) is 6.07 Å². The Labute approximate surface area is 132 Å². The van der Waals surface area contributed by atoms with Crippen LogP contribution in [0.15, 0.2) is 29.4 Å². The summed E-state index contributed by atoms with van der Waals surface area (Å²) in [4.78, 5) is 34.3. The molecule has 23 heavy (non-hydrogen) atoms. The fraction of sp³-hybridized carbons (Fsp3) is 0.267. The van der Waals surface area contributed by atoms with Gasteiger partial charge in [0.05, 0.1) is 12.5 Å². The lowest BCUT2D eigenvalue weighted by atomic mass is 10.1. The zero-order chi connectivity index (χ0) is 16.7. The molecule has 0 fully saturated rings. The number of nitrogens with one attached hydrogen (secondary N) is 2. The first kappa shape index (κ1) is 16.2. The number of amides is 2. The SMILES string of the molecule is N#CCc1ccc(NC(=O)COC(=O)C2=NNC(=O)CC2)cc1. The average molecular weight is 314 g/mol. The lowest BCUT2D eigenvalue weighted by Gasteiger charge is -2.11. The van der Waals surface area contributed by atoms with Crippen LogP contribution in [-0.4, -0.2) is 30.1 Å². The molecule has 0 bridgehead atoms.